The lowest BCUT2D eigenvalue weighted by Gasteiger charge is -2.42. The molecule has 3 aliphatic rings. The van der Waals surface area contributed by atoms with E-state index in [9.17, 15) is 0 Å². The highest BCUT2D eigenvalue weighted by Crippen LogP contribution is 2.57. The Morgan fingerprint density at radius 3 is 1.91 bits per heavy atom. The maximum atomic E-state index is 5.12. The Bertz CT molecular complexity index is 2960. The molecule has 0 spiro atoms. The molecule has 0 unspecified atom stereocenters. The van der Waals surface area contributed by atoms with Crippen LogP contribution >= 0.6 is 0 Å². The molecule has 0 saturated heterocycles. The first-order valence-corrected chi connectivity index (χ1v) is 19.8. The third-order valence-electron chi connectivity index (χ3n) is 13.3. The van der Waals surface area contributed by atoms with Gasteiger partial charge in [-0.2, -0.15) is 0 Å². The minimum Gasteiger partial charge on any atom is -0.308 e. The Balaban J connectivity index is 1.30. The lowest BCUT2D eigenvalue weighted by molar-refractivity contribution is 0.482. The number of aromatic nitrogens is 2. The van der Waals surface area contributed by atoms with Crippen molar-refractivity contribution in [1.82, 2.24) is 9.55 Å². The Kier molecular flexibility index (Phi) is 6.81. The molecule has 9 aromatic rings. The van der Waals surface area contributed by atoms with Crippen molar-refractivity contribution in [1.29, 1.82) is 0 Å². The molecule has 0 saturated carbocycles. The van der Waals surface area contributed by atoms with Gasteiger partial charge in [-0.15, -0.1) is 0 Å². The summed E-state index contributed by atoms with van der Waals surface area (Å²) in [5.74, 6) is 0. The number of pyridine rings is 1. The zero-order valence-corrected chi connectivity index (χ0v) is 31.8. The number of rotatable bonds is 5. The van der Waals surface area contributed by atoms with Gasteiger partial charge in [-0.05, 0) is 107 Å². The summed E-state index contributed by atoms with van der Waals surface area (Å²) < 4.78 is 2.65. The van der Waals surface area contributed by atoms with Gasteiger partial charge in [-0.1, -0.05) is 146 Å². The van der Waals surface area contributed by atoms with Crippen LogP contribution in [0, 0.1) is 13.8 Å². The highest BCUT2D eigenvalue weighted by molar-refractivity contribution is 6.15. The number of para-hydroxylation sites is 2. The molecule has 1 aliphatic heterocycles. The first-order chi connectivity index (χ1) is 27.0. The lowest BCUT2D eigenvalue weighted by atomic mass is 9.63. The molecule has 4 bridgehead atoms. The van der Waals surface area contributed by atoms with Crippen molar-refractivity contribution in [3.8, 4) is 28.1 Å². The van der Waals surface area contributed by atoms with Crippen molar-refractivity contribution in [2.24, 2.45) is 0 Å². The molecule has 0 radical (unpaired) electrons. The average Bonchev–Trinajstić information content (AvgIpc) is 3.57. The standard InChI is InChI=1S/C53H42N2/c1-5-52(6-2)44-27-22-36(30-43(44)49-40-13-8-7-12-35(40)28-29-54-49)37-31-42-41-14-11-16-46-50(41)55(51(42)47(52)32-37)48-17-10-9-15-45(48)53(46,38-23-18-33(3)19-24-38)39-25-20-34(4)21-26-39/h7-32H,5-6H2,1-4H3. The van der Waals surface area contributed by atoms with Crippen molar-refractivity contribution in [3.63, 3.8) is 0 Å². The second-order valence-electron chi connectivity index (χ2n) is 15.9. The highest BCUT2D eigenvalue weighted by atomic mass is 15.0. The summed E-state index contributed by atoms with van der Waals surface area (Å²) in [5.41, 5.74) is 18.4. The number of nitrogens with zero attached hydrogens (tertiary/aromatic N) is 2. The van der Waals surface area contributed by atoms with E-state index in [0.717, 1.165) is 18.5 Å². The van der Waals surface area contributed by atoms with Gasteiger partial charge < -0.3 is 4.57 Å². The summed E-state index contributed by atoms with van der Waals surface area (Å²) in [6.45, 7) is 9.14. The fraction of sp³-hybridized carbons (Fsp3) is 0.151. The molecule has 0 N–H and O–H groups in total. The number of fused-ring (bicyclic) bond motifs is 8. The van der Waals surface area contributed by atoms with Gasteiger partial charge in [-0.25, -0.2) is 0 Å². The number of benzene rings is 7. The quantitative estimate of drug-likeness (QED) is 0.174. The molecule has 0 amide bonds. The van der Waals surface area contributed by atoms with Crippen LogP contribution in [-0.4, -0.2) is 9.55 Å². The van der Waals surface area contributed by atoms with E-state index in [0.29, 0.717) is 0 Å². The average molecular weight is 707 g/mol. The molecule has 0 atom stereocenters. The summed E-state index contributed by atoms with van der Waals surface area (Å²) in [5, 5.41) is 5.05. The molecule has 264 valence electrons. The third kappa shape index (κ3) is 4.17. The van der Waals surface area contributed by atoms with Crippen molar-refractivity contribution in [3.05, 3.63) is 202 Å². The zero-order chi connectivity index (χ0) is 37.1. The number of hydrogen-bond donors (Lipinski definition) is 0. The normalized spacial score (nSPS) is 14.6. The molecule has 0 fully saturated rings. The van der Waals surface area contributed by atoms with Gasteiger partial charge in [0.05, 0.1) is 27.8 Å². The fourth-order valence-corrected chi connectivity index (χ4v) is 10.6. The maximum Gasteiger partial charge on any atom is 0.0783 e. The van der Waals surface area contributed by atoms with E-state index in [-0.39, 0.29) is 5.41 Å². The monoisotopic (exact) mass is 706 g/mol. The molecule has 55 heavy (non-hydrogen) atoms. The van der Waals surface area contributed by atoms with Crippen LogP contribution in [0.1, 0.15) is 71.2 Å². The largest absolute Gasteiger partial charge is 0.308 e. The van der Waals surface area contributed by atoms with Crippen LogP contribution in [0.4, 0.5) is 0 Å². The van der Waals surface area contributed by atoms with E-state index in [2.05, 4.69) is 184 Å². The fourth-order valence-electron chi connectivity index (χ4n) is 10.6. The van der Waals surface area contributed by atoms with Crippen LogP contribution in [0.2, 0.25) is 0 Å². The minimum atomic E-state index is -0.510. The van der Waals surface area contributed by atoms with Gasteiger partial charge in [0, 0.05) is 33.3 Å². The summed E-state index contributed by atoms with van der Waals surface area (Å²) in [6, 6.07) is 57.9. The minimum absolute atomic E-state index is 0.257. The van der Waals surface area contributed by atoms with Gasteiger partial charge in [0.15, 0.2) is 0 Å². The number of aryl methyl sites for hydroxylation is 2. The summed E-state index contributed by atoms with van der Waals surface area (Å²) in [6.07, 6.45) is 3.91. The predicted molar refractivity (Wildman–Crippen MR) is 230 cm³/mol. The van der Waals surface area contributed by atoms with Crippen molar-refractivity contribution < 1.29 is 0 Å². The molecular weight excluding hydrogens is 665 g/mol. The van der Waals surface area contributed by atoms with E-state index >= 15 is 0 Å². The van der Waals surface area contributed by atoms with E-state index in [1.54, 1.807) is 0 Å². The molecule has 2 heteroatoms. The second kappa shape index (κ2) is 11.6. The zero-order valence-electron chi connectivity index (χ0n) is 31.8. The van der Waals surface area contributed by atoms with Gasteiger partial charge in [0.2, 0.25) is 0 Å². The van der Waals surface area contributed by atoms with Crippen molar-refractivity contribution >= 4 is 32.6 Å². The van der Waals surface area contributed by atoms with Gasteiger partial charge in [0.1, 0.15) is 0 Å². The molecular formula is C53H42N2. The van der Waals surface area contributed by atoms with Crippen LogP contribution in [-0.2, 0) is 10.8 Å². The Morgan fingerprint density at radius 1 is 0.509 bits per heavy atom. The second-order valence-corrected chi connectivity index (χ2v) is 15.9. The first-order valence-electron chi connectivity index (χ1n) is 19.8. The first kappa shape index (κ1) is 32.2. The Hall–Kier alpha value is -6.25. The van der Waals surface area contributed by atoms with E-state index in [4.69, 9.17) is 4.98 Å². The van der Waals surface area contributed by atoms with Crippen molar-refractivity contribution in [2.75, 3.05) is 0 Å². The van der Waals surface area contributed by atoms with Crippen LogP contribution in [0.25, 0.3) is 60.6 Å². The molecule has 2 nitrogen and oxygen atoms in total. The van der Waals surface area contributed by atoms with Crippen LogP contribution < -0.4 is 0 Å². The van der Waals surface area contributed by atoms with Gasteiger partial charge in [0.25, 0.3) is 0 Å². The molecule has 3 heterocycles. The highest BCUT2D eigenvalue weighted by Gasteiger charge is 2.46. The van der Waals surface area contributed by atoms with Crippen LogP contribution in [0.3, 0.4) is 0 Å². The Morgan fingerprint density at radius 2 is 1.16 bits per heavy atom. The SMILES string of the molecule is CCC1(CC)c2ccc(cc2-c2nccc3ccccc23)-c2cc1c1c(c2)c2cccc3c2n1-c1ccccc1C3(c1ccc(C)cc1)c1ccc(C)cc1. The molecule has 7 aromatic carbocycles. The molecule has 2 aliphatic carbocycles. The Labute approximate surface area is 322 Å². The van der Waals surface area contributed by atoms with Gasteiger partial charge >= 0.3 is 0 Å². The maximum absolute atomic E-state index is 5.12. The molecule has 2 aromatic heterocycles. The van der Waals surface area contributed by atoms with Crippen molar-refractivity contribution in [2.45, 2.75) is 51.4 Å². The third-order valence-corrected chi connectivity index (χ3v) is 13.3. The van der Waals surface area contributed by atoms with E-state index < -0.39 is 5.41 Å². The smallest absolute Gasteiger partial charge is 0.0783 e. The molecule has 12 rings (SSSR count). The van der Waals surface area contributed by atoms with Crippen LogP contribution in [0.15, 0.2) is 158 Å². The summed E-state index contributed by atoms with van der Waals surface area (Å²) >= 11 is 0. The number of hydrogen-bond acceptors (Lipinski definition) is 1. The topological polar surface area (TPSA) is 17.8 Å². The summed E-state index contributed by atoms with van der Waals surface area (Å²) in [4.78, 5) is 5.12. The van der Waals surface area contributed by atoms with Crippen LogP contribution in [0.5, 0.6) is 0 Å². The predicted octanol–water partition coefficient (Wildman–Crippen LogP) is 13.4. The van der Waals surface area contributed by atoms with Gasteiger partial charge in [-0.3, -0.25) is 4.98 Å². The lowest BCUT2D eigenvalue weighted by Crippen LogP contribution is -2.35. The van der Waals surface area contributed by atoms with E-state index in [1.807, 2.05) is 6.20 Å². The summed E-state index contributed by atoms with van der Waals surface area (Å²) in [7, 11) is 0. The van der Waals surface area contributed by atoms with E-state index in [1.165, 1.54) is 99.5 Å².